The fraction of sp³-hybridized carbons (Fsp3) is 1.00. The summed E-state index contributed by atoms with van der Waals surface area (Å²) in [6.07, 6.45) is 7.74. The van der Waals surface area contributed by atoms with Crippen molar-refractivity contribution in [2.24, 2.45) is 0 Å². The molecule has 1 saturated carbocycles. The number of rotatable bonds is 0. The van der Waals surface area contributed by atoms with Gasteiger partial charge in [-0.25, -0.2) is 0 Å². The van der Waals surface area contributed by atoms with E-state index in [9.17, 15) is 0 Å². The van der Waals surface area contributed by atoms with Gasteiger partial charge in [0.25, 0.3) is 0 Å². The fourth-order valence-electron chi connectivity index (χ4n) is 1.19. The van der Waals surface area contributed by atoms with Crippen LogP contribution in [0.2, 0.25) is 3.43 Å². The molecule has 0 heterocycles. The molecule has 0 unspecified atom stereocenters. The molecule has 1 N–H and O–H groups in total. The zero-order chi connectivity index (χ0) is 5.11. The predicted molar refractivity (Wildman–Crippen MR) is 28.8 cm³/mol. The molecule has 0 aliphatic heterocycles. The predicted octanol–water partition coefficient (Wildman–Crippen LogP) is 2.11. The van der Waals surface area contributed by atoms with Gasteiger partial charge in [0.2, 0.25) is 0 Å². The van der Waals surface area contributed by atoms with E-state index in [0.29, 0.717) is 0 Å². The maximum absolute atomic E-state index is 1.57. The molecule has 8 heavy (non-hydrogen) atoms. The Kier molecular flexibility index (Phi) is 5.27. The zero-order valence-electron chi connectivity index (χ0n) is 5.27. The van der Waals surface area contributed by atoms with Crippen molar-refractivity contribution in [1.29, 1.82) is 0 Å². The van der Waals surface area contributed by atoms with E-state index in [1.54, 1.807) is 12.8 Å². The monoisotopic (exact) mass is 302 g/mol. The van der Waals surface area contributed by atoms with Crippen LogP contribution in [-0.4, -0.2) is 5.48 Å². The van der Waals surface area contributed by atoms with Crippen LogP contribution in [0.1, 0.15) is 32.1 Å². The Labute approximate surface area is 67.1 Å². The van der Waals surface area contributed by atoms with Crippen LogP contribution in [0, 0.1) is 0 Å². The van der Waals surface area contributed by atoms with Crippen LogP contribution in [-0.2, 0) is 26.1 Å². The van der Waals surface area contributed by atoms with Crippen LogP contribution in [0.4, 0.5) is 0 Å². The Morgan fingerprint density at radius 1 is 1.00 bits per heavy atom. The number of hydrogen-bond acceptors (Lipinski definition) is 1. The van der Waals surface area contributed by atoms with Gasteiger partial charge in [-0.05, 0) is 0 Å². The molecule has 0 aromatic carbocycles. The summed E-state index contributed by atoms with van der Waals surface area (Å²) in [5.41, 5.74) is 0. The molecule has 0 radical (unpaired) electrons. The van der Waals surface area contributed by atoms with Crippen molar-refractivity contribution in [2.45, 2.75) is 35.5 Å². The van der Waals surface area contributed by atoms with E-state index in [-0.39, 0.29) is 5.48 Å². The van der Waals surface area contributed by atoms with Crippen molar-refractivity contribution in [3.05, 3.63) is 0 Å². The van der Waals surface area contributed by atoms with Crippen LogP contribution in [0.15, 0.2) is 0 Å². The molecule has 0 aromatic rings. The van der Waals surface area contributed by atoms with Crippen LogP contribution in [0.5, 0.6) is 0 Å². The van der Waals surface area contributed by atoms with Crippen molar-refractivity contribution in [1.82, 2.24) is 0 Å². The van der Waals surface area contributed by atoms with Crippen LogP contribution in [0.3, 0.4) is 0 Å². The minimum absolute atomic E-state index is 0. The second-order valence-electron chi connectivity index (χ2n) is 2.50. The van der Waals surface area contributed by atoms with E-state index in [4.69, 9.17) is 0 Å². The van der Waals surface area contributed by atoms with E-state index in [1.165, 1.54) is 22.7 Å². The molecule has 44 valence electrons. The van der Waals surface area contributed by atoms with Crippen LogP contribution < -0.4 is 0 Å². The van der Waals surface area contributed by atoms with Crippen molar-refractivity contribution in [3.8, 4) is 0 Å². The first-order valence-corrected chi connectivity index (χ1v) is 6.40. The summed E-state index contributed by atoms with van der Waals surface area (Å²) in [4.78, 5) is 0. The molecule has 0 aromatic heterocycles. The third-order valence-electron chi connectivity index (χ3n) is 1.72. The summed E-state index contributed by atoms with van der Waals surface area (Å²) >= 11 is 1.09. The van der Waals surface area contributed by atoms with E-state index >= 15 is 0 Å². The molecule has 0 bridgehead atoms. The van der Waals surface area contributed by atoms with Gasteiger partial charge in [-0.15, -0.1) is 0 Å². The van der Waals surface area contributed by atoms with Gasteiger partial charge in [0.15, 0.2) is 0 Å². The van der Waals surface area contributed by atoms with Gasteiger partial charge in [0, 0.05) is 0 Å². The minimum atomic E-state index is 0. The first-order chi connectivity index (χ1) is 3.39. The van der Waals surface area contributed by atoms with Gasteiger partial charge in [-0.2, -0.15) is 0 Å². The maximum Gasteiger partial charge on any atom is -0.870 e. The Hall–Kier alpha value is 0.895. The zero-order valence-corrected chi connectivity index (χ0v) is 10.8. The molecule has 1 rings (SSSR count). The molecule has 1 nitrogen and oxygen atoms in total. The Morgan fingerprint density at radius 2 is 1.50 bits per heavy atom. The van der Waals surface area contributed by atoms with Crippen LogP contribution in [0.25, 0.3) is 0 Å². The molecule has 0 amide bonds. The largest absolute Gasteiger partial charge is 0.870 e. The summed E-state index contributed by atoms with van der Waals surface area (Å²) in [5.74, 6) is 0. The van der Waals surface area contributed by atoms with Crippen LogP contribution >= 0.6 is 0 Å². The van der Waals surface area contributed by atoms with Gasteiger partial charge < -0.3 is 5.48 Å². The average molecular weight is 301 g/mol. The second-order valence-corrected chi connectivity index (χ2v) is 6.99. The standard InChI is InChI=1S/C6H11.Hg.H2O/c1-2-4-6-5-3-1;;/h1H,2-6H2;;1H2/q;+1;/p-1. The van der Waals surface area contributed by atoms with E-state index in [2.05, 4.69) is 0 Å². The summed E-state index contributed by atoms with van der Waals surface area (Å²) in [5, 5.41) is 0. The molecule has 1 aliphatic carbocycles. The fourth-order valence-corrected chi connectivity index (χ4v) is 3.43. The van der Waals surface area contributed by atoms with Gasteiger partial charge >= 0.3 is 61.7 Å². The second kappa shape index (κ2) is 4.74. The minimum Gasteiger partial charge on any atom is -0.870 e. The third-order valence-corrected chi connectivity index (χ3v) is 4.90. The normalized spacial score (nSPS) is 22.2. The Balaban J connectivity index is 0.000000490. The topological polar surface area (TPSA) is 30.0 Å². The molecule has 0 spiro atoms. The number of hydrogen-bond donors (Lipinski definition) is 0. The first kappa shape index (κ1) is 8.90. The quantitative estimate of drug-likeness (QED) is 0.630. The van der Waals surface area contributed by atoms with Crippen molar-refractivity contribution in [2.75, 3.05) is 0 Å². The van der Waals surface area contributed by atoms with Gasteiger partial charge in [-0.3, -0.25) is 0 Å². The van der Waals surface area contributed by atoms with E-state index < -0.39 is 0 Å². The average Bonchev–Trinajstić information content (AvgIpc) is 1.69. The molecule has 1 aliphatic rings. The first-order valence-electron chi connectivity index (χ1n) is 3.22. The maximum atomic E-state index is 1.57. The molecule has 0 saturated heterocycles. The van der Waals surface area contributed by atoms with Crippen molar-refractivity contribution < 1.29 is 31.6 Å². The van der Waals surface area contributed by atoms with Crippen molar-refractivity contribution in [3.63, 3.8) is 0 Å². The summed E-state index contributed by atoms with van der Waals surface area (Å²) in [6, 6.07) is 0. The SMILES string of the molecule is [Hg+][CH]1CCCCC1.[OH-]. The summed E-state index contributed by atoms with van der Waals surface area (Å²) in [6.45, 7) is 0. The summed E-state index contributed by atoms with van der Waals surface area (Å²) in [7, 11) is 0. The molecule has 2 heteroatoms. The van der Waals surface area contributed by atoms with E-state index in [0.717, 1.165) is 26.1 Å². The van der Waals surface area contributed by atoms with Gasteiger partial charge in [-0.1, -0.05) is 0 Å². The van der Waals surface area contributed by atoms with Gasteiger partial charge in [0.05, 0.1) is 0 Å². The Morgan fingerprint density at radius 3 is 1.75 bits per heavy atom. The smallest absolute Gasteiger partial charge is 0.870 e. The molecular formula is C6H12HgO. The third kappa shape index (κ3) is 3.03. The molecule has 1 fully saturated rings. The molecular weight excluding hydrogens is 289 g/mol. The molecule has 0 atom stereocenters. The van der Waals surface area contributed by atoms with E-state index in [1.807, 2.05) is 0 Å². The van der Waals surface area contributed by atoms with Crippen molar-refractivity contribution >= 4 is 0 Å². The van der Waals surface area contributed by atoms with Gasteiger partial charge in [0.1, 0.15) is 0 Å². The summed E-state index contributed by atoms with van der Waals surface area (Å²) < 4.78 is 1.23. The Bertz CT molecular complexity index is 50.5.